The first kappa shape index (κ1) is 13.6. The molecule has 0 unspecified atom stereocenters. The van der Waals surface area contributed by atoms with Crippen molar-refractivity contribution < 1.29 is 4.74 Å². The third-order valence-electron chi connectivity index (χ3n) is 2.63. The Kier molecular flexibility index (Phi) is 4.21. The van der Waals surface area contributed by atoms with E-state index in [1.54, 1.807) is 20.4 Å². The molecule has 0 aliphatic heterocycles. The van der Waals surface area contributed by atoms with E-state index in [2.05, 4.69) is 36.5 Å². The second kappa shape index (κ2) is 5.88. The molecule has 0 bridgehead atoms. The number of hydrogen-bond acceptors (Lipinski definition) is 5. The number of nitrogens with zero attached hydrogens (tertiary/aromatic N) is 2. The van der Waals surface area contributed by atoms with Crippen molar-refractivity contribution in [2.24, 2.45) is 0 Å². The minimum Gasteiger partial charge on any atom is -0.496 e. The van der Waals surface area contributed by atoms with Gasteiger partial charge in [-0.3, -0.25) is 0 Å². The number of anilines is 3. The predicted octanol–water partition coefficient (Wildman–Crippen LogP) is 3.34. The molecule has 5 nitrogen and oxygen atoms in total. The summed E-state index contributed by atoms with van der Waals surface area (Å²) in [5, 5.41) is 6.15. The molecule has 0 radical (unpaired) electrons. The lowest BCUT2D eigenvalue weighted by molar-refractivity contribution is 0.412. The smallest absolute Gasteiger partial charge is 0.224 e. The molecular weight excluding hydrogens is 308 g/mol. The summed E-state index contributed by atoms with van der Waals surface area (Å²) in [4.78, 5) is 8.46. The van der Waals surface area contributed by atoms with Crippen LogP contribution in [0, 0.1) is 6.92 Å². The summed E-state index contributed by atoms with van der Waals surface area (Å²) in [6.07, 6.45) is 1.71. The van der Waals surface area contributed by atoms with Gasteiger partial charge in [0, 0.05) is 18.9 Å². The standard InChI is InChI=1S/C13H15BrN4O/c1-8-6-9(4-5-11(8)19-3)17-12-10(14)7-16-13(15-2)18-12/h4-7H,1-3H3,(H2,15,16,17,18). The van der Waals surface area contributed by atoms with Gasteiger partial charge in [-0.25, -0.2) is 4.98 Å². The first-order chi connectivity index (χ1) is 9.13. The van der Waals surface area contributed by atoms with Crippen molar-refractivity contribution in [2.45, 2.75) is 6.92 Å². The summed E-state index contributed by atoms with van der Waals surface area (Å²) < 4.78 is 6.04. The summed E-state index contributed by atoms with van der Waals surface area (Å²) in [7, 11) is 3.44. The number of aromatic nitrogens is 2. The number of nitrogens with one attached hydrogen (secondary N) is 2. The highest BCUT2D eigenvalue weighted by molar-refractivity contribution is 9.10. The molecule has 6 heteroatoms. The number of methoxy groups -OCH3 is 1. The average molecular weight is 323 g/mol. The van der Waals surface area contributed by atoms with E-state index in [0.29, 0.717) is 11.8 Å². The first-order valence-corrected chi connectivity index (χ1v) is 6.55. The number of halogens is 1. The zero-order valence-corrected chi connectivity index (χ0v) is 12.6. The summed E-state index contributed by atoms with van der Waals surface area (Å²) in [6.45, 7) is 2.00. The van der Waals surface area contributed by atoms with Crippen LogP contribution in [0.1, 0.15) is 5.56 Å². The molecule has 2 aromatic rings. The second-order valence-corrected chi connectivity index (χ2v) is 4.80. The zero-order chi connectivity index (χ0) is 13.8. The molecule has 1 aromatic carbocycles. The Morgan fingerprint density at radius 1 is 1.32 bits per heavy atom. The van der Waals surface area contributed by atoms with E-state index < -0.39 is 0 Å². The van der Waals surface area contributed by atoms with Crippen LogP contribution >= 0.6 is 15.9 Å². The monoisotopic (exact) mass is 322 g/mol. The molecule has 0 saturated carbocycles. The molecule has 0 atom stereocenters. The van der Waals surface area contributed by atoms with Gasteiger partial charge in [-0.1, -0.05) is 0 Å². The van der Waals surface area contributed by atoms with Gasteiger partial charge in [0.25, 0.3) is 0 Å². The highest BCUT2D eigenvalue weighted by atomic mass is 79.9. The maximum absolute atomic E-state index is 5.24. The number of rotatable bonds is 4. The molecule has 1 heterocycles. The lowest BCUT2D eigenvalue weighted by Gasteiger charge is -2.11. The van der Waals surface area contributed by atoms with Crippen LogP contribution in [0.5, 0.6) is 5.75 Å². The van der Waals surface area contributed by atoms with Gasteiger partial charge in [0.15, 0.2) is 0 Å². The summed E-state index contributed by atoms with van der Waals surface area (Å²) >= 11 is 3.42. The van der Waals surface area contributed by atoms with Gasteiger partial charge in [0.1, 0.15) is 11.6 Å². The molecule has 2 N–H and O–H groups in total. The molecule has 0 aliphatic carbocycles. The third-order valence-corrected chi connectivity index (χ3v) is 3.21. The summed E-state index contributed by atoms with van der Waals surface area (Å²) in [6, 6.07) is 5.87. The molecular formula is C13H15BrN4O. The molecule has 19 heavy (non-hydrogen) atoms. The topological polar surface area (TPSA) is 59.1 Å². The van der Waals surface area contributed by atoms with Crippen molar-refractivity contribution in [3.63, 3.8) is 0 Å². The van der Waals surface area contributed by atoms with Gasteiger partial charge in [0.2, 0.25) is 5.95 Å². The fourth-order valence-electron chi connectivity index (χ4n) is 1.67. The number of ether oxygens (including phenoxy) is 1. The molecule has 0 aliphatic rings. The fraction of sp³-hybridized carbons (Fsp3) is 0.231. The predicted molar refractivity (Wildman–Crippen MR) is 80.3 cm³/mol. The minimum absolute atomic E-state index is 0.566. The van der Waals surface area contributed by atoms with Crippen molar-refractivity contribution in [1.82, 2.24) is 9.97 Å². The van der Waals surface area contributed by atoms with Crippen molar-refractivity contribution in [1.29, 1.82) is 0 Å². The van der Waals surface area contributed by atoms with E-state index in [0.717, 1.165) is 21.5 Å². The highest BCUT2D eigenvalue weighted by Gasteiger charge is 2.06. The van der Waals surface area contributed by atoms with E-state index in [-0.39, 0.29) is 0 Å². The molecule has 100 valence electrons. The van der Waals surface area contributed by atoms with Crippen LogP contribution in [0.3, 0.4) is 0 Å². The Morgan fingerprint density at radius 3 is 2.74 bits per heavy atom. The number of benzene rings is 1. The maximum Gasteiger partial charge on any atom is 0.224 e. The Balaban J connectivity index is 2.28. The molecule has 0 amide bonds. The summed E-state index contributed by atoms with van der Waals surface area (Å²) in [5.74, 6) is 2.14. The molecule has 0 saturated heterocycles. The van der Waals surface area contributed by atoms with Crippen LogP contribution < -0.4 is 15.4 Å². The zero-order valence-electron chi connectivity index (χ0n) is 11.0. The van der Waals surface area contributed by atoms with Gasteiger partial charge in [-0.05, 0) is 46.6 Å². The Hall–Kier alpha value is -1.82. The average Bonchev–Trinajstić information content (AvgIpc) is 2.41. The van der Waals surface area contributed by atoms with Crippen molar-refractivity contribution in [2.75, 3.05) is 24.8 Å². The van der Waals surface area contributed by atoms with Gasteiger partial charge >= 0.3 is 0 Å². The molecule has 0 spiro atoms. The molecule has 0 fully saturated rings. The number of hydrogen-bond donors (Lipinski definition) is 2. The van der Waals surface area contributed by atoms with Crippen LogP contribution in [0.2, 0.25) is 0 Å². The van der Waals surface area contributed by atoms with Gasteiger partial charge in [-0.2, -0.15) is 4.98 Å². The Morgan fingerprint density at radius 2 is 2.11 bits per heavy atom. The first-order valence-electron chi connectivity index (χ1n) is 5.76. The third kappa shape index (κ3) is 3.14. The van der Waals surface area contributed by atoms with Crippen molar-refractivity contribution in [3.8, 4) is 5.75 Å². The quantitative estimate of drug-likeness (QED) is 0.904. The van der Waals surface area contributed by atoms with Gasteiger partial charge in [-0.15, -0.1) is 0 Å². The Bertz CT molecular complexity index is 589. The lowest BCUT2D eigenvalue weighted by Crippen LogP contribution is -2.01. The minimum atomic E-state index is 0.566. The van der Waals surface area contributed by atoms with E-state index in [9.17, 15) is 0 Å². The van der Waals surface area contributed by atoms with E-state index in [1.807, 2.05) is 25.1 Å². The van der Waals surface area contributed by atoms with E-state index >= 15 is 0 Å². The molecule has 1 aromatic heterocycles. The Labute approximate surface area is 120 Å². The van der Waals surface area contributed by atoms with Crippen LogP contribution in [0.4, 0.5) is 17.5 Å². The van der Waals surface area contributed by atoms with Crippen LogP contribution in [-0.4, -0.2) is 24.1 Å². The fourth-order valence-corrected chi connectivity index (χ4v) is 1.96. The van der Waals surface area contributed by atoms with E-state index in [1.165, 1.54) is 0 Å². The van der Waals surface area contributed by atoms with Crippen LogP contribution in [0.25, 0.3) is 0 Å². The van der Waals surface area contributed by atoms with Gasteiger partial charge in [0.05, 0.1) is 11.6 Å². The summed E-state index contributed by atoms with van der Waals surface area (Å²) in [5.41, 5.74) is 2.01. The number of aryl methyl sites for hydroxylation is 1. The van der Waals surface area contributed by atoms with Crippen LogP contribution in [0.15, 0.2) is 28.9 Å². The van der Waals surface area contributed by atoms with Crippen LogP contribution in [-0.2, 0) is 0 Å². The SMILES string of the molecule is CNc1ncc(Br)c(Nc2ccc(OC)c(C)c2)n1. The van der Waals surface area contributed by atoms with Crippen molar-refractivity contribution in [3.05, 3.63) is 34.4 Å². The maximum atomic E-state index is 5.24. The lowest BCUT2D eigenvalue weighted by atomic mass is 10.2. The highest BCUT2D eigenvalue weighted by Crippen LogP contribution is 2.27. The van der Waals surface area contributed by atoms with E-state index in [4.69, 9.17) is 4.74 Å². The normalized spacial score (nSPS) is 10.1. The van der Waals surface area contributed by atoms with Gasteiger partial charge < -0.3 is 15.4 Å². The molecule has 2 rings (SSSR count). The largest absolute Gasteiger partial charge is 0.496 e. The van der Waals surface area contributed by atoms with Crippen molar-refractivity contribution >= 4 is 33.4 Å². The second-order valence-electron chi connectivity index (χ2n) is 3.95.